The van der Waals surface area contributed by atoms with Crippen LogP contribution < -0.4 is 5.32 Å². The Morgan fingerprint density at radius 3 is 2.65 bits per heavy atom. The molecule has 1 N–H and O–H groups in total. The Balaban J connectivity index is 2.72. The summed E-state index contributed by atoms with van der Waals surface area (Å²) in [6.45, 7) is 8.54. The van der Waals surface area contributed by atoms with E-state index in [2.05, 4.69) is 40.5 Å². The molecule has 0 aliphatic carbocycles. The van der Waals surface area contributed by atoms with Crippen molar-refractivity contribution in [1.82, 2.24) is 15.1 Å². The van der Waals surface area contributed by atoms with Crippen molar-refractivity contribution in [3.63, 3.8) is 0 Å². The minimum absolute atomic E-state index is 0.583. The zero-order valence-corrected chi connectivity index (χ0v) is 10.9. The van der Waals surface area contributed by atoms with Crippen LogP contribution in [0.1, 0.15) is 23.7 Å². The van der Waals surface area contributed by atoms with Crippen LogP contribution in [0, 0.1) is 25.2 Å². The van der Waals surface area contributed by atoms with Gasteiger partial charge in [-0.25, -0.2) is 0 Å². The van der Waals surface area contributed by atoms with Crippen molar-refractivity contribution >= 4 is 5.82 Å². The molecule has 0 atom stereocenters. The molecule has 5 heteroatoms. The van der Waals surface area contributed by atoms with E-state index in [0.717, 1.165) is 30.9 Å². The zero-order valence-electron chi connectivity index (χ0n) is 10.9. The van der Waals surface area contributed by atoms with Crippen LogP contribution >= 0.6 is 0 Å². The summed E-state index contributed by atoms with van der Waals surface area (Å²) in [5.41, 5.74) is 2.29. The Hall–Kier alpha value is -1.67. The second kappa shape index (κ2) is 6.16. The van der Waals surface area contributed by atoms with Crippen molar-refractivity contribution in [2.75, 3.05) is 32.0 Å². The lowest BCUT2D eigenvalue weighted by Crippen LogP contribution is -2.25. The van der Waals surface area contributed by atoms with Gasteiger partial charge in [0, 0.05) is 13.1 Å². The maximum atomic E-state index is 9.11. The first-order valence-electron chi connectivity index (χ1n) is 5.76. The van der Waals surface area contributed by atoms with E-state index in [1.165, 1.54) is 0 Å². The van der Waals surface area contributed by atoms with Gasteiger partial charge in [-0.1, -0.05) is 6.92 Å². The summed E-state index contributed by atoms with van der Waals surface area (Å²) >= 11 is 0. The fraction of sp³-hybridized carbons (Fsp3) is 0.583. The number of nitrogens with zero attached hydrogens (tertiary/aromatic N) is 4. The molecule has 0 aromatic carbocycles. The highest BCUT2D eigenvalue weighted by atomic mass is 15.2. The molecular weight excluding hydrogens is 214 g/mol. The number of nitrogens with one attached hydrogen (secondary N) is 1. The minimum atomic E-state index is 0.583. The van der Waals surface area contributed by atoms with E-state index in [1.54, 1.807) is 0 Å². The maximum Gasteiger partial charge on any atom is 0.166 e. The van der Waals surface area contributed by atoms with Gasteiger partial charge in [0.15, 0.2) is 5.82 Å². The summed E-state index contributed by atoms with van der Waals surface area (Å²) in [5.74, 6) is 0.583. The second-order valence-corrected chi connectivity index (χ2v) is 4.07. The largest absolute Gasteiger partial charge is 0.366 e. The predicted octanol–water partition coefficient (Wildman–Crippen LogP) is 1.33. The van der Waals surface area contributed by atoms with Crippen LogP contribution in [0.5, 0.6) is 0 Å². The number of aryl methyl sites for hydroxylation is 1. The summed E-state index contributed by atoms with van der Waals surface area (Å²) < 4.78 is 0. The molecule has 1 heterocycles. The van der Waals surface area contributed by atoms with Crippen molar-refractivity contribution in [2.24, 2.45) is 0 Å². The number of rotatable bonds is 5. The highest BCUT2D eigenvalue weighted by molar-refractivity contribution is 5.55. The van der Waals surface area contributed by atoms with Crippen molar-refractivity contribution in [1.29, 1.82) is 5.26 Å². The Labute approximate surface area is 102 Å². The predicted molar refractivity (Wildman–Crippen MR) is 67.9 cm³/mol. The highest BCUT2D eigenvalue weighted by Gasteiger charge is 2.10. The molecule has 0 aliphatic heterocycles. The van der Waals surface area contributed by atoms with E-state index in [4.69, 9.17) is 5.26 Å². The lowest BCUT2D eigenvalue weighted by Gasteiger charge is -2.15. The molecule has 0 bridgehead atoms. The zero-order chi connectivity index (χ0) is 12.8. The lowest BCUT2D eigenvalue weighted by atomic mass is 10.1. The molecule has 0 radical (unpaired) electrons. The average Bonchev–Trinajstić information content (AvgIpc) is 2.33. The maximum absolute atomic E-state index is 9.11. The summed E-state index contributed by atoms with van der Waals surface area (Å²) in [6, 6.07) is 2.18. The Kier molecular flexibility index (Phi) is 4.85. The summed E-state index contributed by atoms with van der Waals surface area (Å²) in [6.07, 6.45) is 0. The number of hydrogen-bond acceptors (Lipinski definition) is 5. The molecule has 0 spiro atoms. The average molecular weight is 233 g/mol. The monoisotopic (exact) mass is 233 g/mol. The van der Waals surface area contributed by atoms with Gasteiger partial charge in [0.2, 0.25) is 0 Å². The molecule has 0 amide bonds. The molecule has 1 aromatic rings. The van der Waals surface area contributed by atoms with Gasteiger partial charge in [-0.2, -0.15) is 10.4 Å². The van der Waals surface area contributed by atoms with E-state index in [0.29, 0.717) is 11.4 Å². The molecule has 0 fully saturated rings. The Bertz CT molecular complexity index is 422. The van der Waals surface area contributed by atoms with Crippen LogP contribution in [0.15, 0.2) is 0 Å². The number of hydrogen-bond donors (Lipinski definition) is 1. The van der Waals surface area contributed by atoms with E-state index >= 15 is 0 Å². The van der Waals surface area contributed by atoms with E-state index in [1.807, 2.05) is 13.8 Å². The minimum Gasteiger partial charge on any atom is -0.366 e. The second-order valence-electron chi connectivity index (χ2n) is 4.07. The SMILES string of the molecule is CCN(C)CCNc1nnc(C)c(C)c1C#N. The lowest BCUT2D eigenvalue weighted by molar-refractivity contribution is 0.367. The van der Waals surface area contributed by atoms with Crippen LogP contribution in [0.25, 0.3) is 0 Å². The van der Waals surface area contributed by atoms with E-state index < -0.39 is 0 Å². The van der Waals surface area contributed by atoms with Crippen LogP contribution in [-0.2, 0) is 0 Å². The topological polar surface area (TPSA) is 64.8 Å². The van der Waals surface area contributed by atoms with Gasteiger partial charge >= 0.3 is 0 Å². The van der Waals surface area contributed by atoms with Crippen molar-refractivity contribution in [2.45, 2.75) is 20.8 Å². The summed E-state index contributed by atoms with van der Waals surface area (Å²) in [5, 5.41) is 20.3. The fourth-order valence-electron chi connectivity index (χ4n) is 1.39. The standard InChI is InChI=1S/C12H19N5/c1-5-17(4)7-6-14-12-11(8-13)9(2)10(3)15-16-12/h5-7H2,1-4H3,(H,14,16). The van der Waals surface area contributed by atoms with Crippen LogP contribution in [0.2, 0.25) is 0 Å². The first-order chi connectivity index (χ1) is 8.10. The Morgan fingerprint density at radius 2 is 2.06 bits per heavy atom. The third-order valence-electron chi connectivity index (χ3n) is 2.89. The molecule has 1 rings (SSSR count). The number of aromatic nitrogens is 2. The van der Waals surface area contributed by atoms with Gasteiger partial charge in [0.25, 0.3) is 0 Å². The van der Waals surface area contributed by atoms with Gasteiger partial charge in [-0.15, -0.1) is 5.10 Å². The third-order valence-corrected chi connectivity index (χ3v) is 2.89. The number of anilines is 1. The molecule has 92 valence electrons. The quantitative estimate of drug-likeness (QED) is 0.831. The van der Waals surface area contributed by atoms with Crippen molar-refractivity contribution in [3.05, 3.63) is 16.8 Å². The first-order valence-corrected chi connectivity index (χ1v) is 5.76. The molecule has 0 saturated carbocycles. The van der Waals surface area contributed by atoms with Crippen molar-refractivity contribution in [3.8, 4) is 6.07 Å². The highest BCUT2D eigenvalue weighted by Crippen LogP contribution is 2.16. The van der Waals surface area contributed by atoms with Gasteiger partial charge in [-0.3, -0.25) is 0 Å². The van der Waals surface area contributed by atoms with Gasteiger partial charge < -0.3 is 10.2 Å². The molecule has 1 aromatic heterocycles. The van der Waals surface area contributed by atoms with E-state index in [9.17, 15) is 0 Å². The molecular formula is C12H19N5. The third kappa shape index (κ3) is 3.40. The van der Waals surface area contributed by atoms with Gasteiger partial charge in [0.05, 0.1) is 5.69 Å². The normalized spacial score (nSPS) is 10.4. The fourth-order valence-corrected chi connectivity index (χ4v) is 1.39. The molecule has 0 unspecified atom stereocenters. The molecule has 0 saturated heterocycles. The van der Waals surface area contributed by atoms with Crippen molar-refractivity contribution < 1.29 is 0 Å². The smallest absolute Gasteiger partial charge is 0.166 e. The molecule has 0 aliphatic rings. The number of nitriles is 1. The first kappa shape index (κ1) is 13.4. The Morgan fingerprint density at radius 1 is 1.35 bits per heavy atom. The molecule has 17 heavy (non-hydrogen) atoms. The van der Waals surface area contributed by atoms with Crippen LogP contribution in [0.3, 0.4) is 0 Å². The summed E-state index contributed by atoms with van der Waals surface area (Å²) in [7, 11) is 2.05. The van der Waals surface area contributed by atoms with E-state index in [-0.39, 0.29) is 0 Å². The van der Waals surface area contributed by atoms with Crippen LogP contribution in [0.4, 0.5) is 5.82 Å². The number of likely N-dealkylation sites (N-methyl/N-ethyl adjacent to an activating group) is 1. The van der Waals surface area contributed by atoms with Crippen LogP contribution in [-0.4, -0.2) is 41.8 Å². The molecule has 5 nitrogen and oxygen atoms in total. The van der Waals surface area contributed by atoms with Gasteiger partial charge in [0.1, 0.15) is 11.6 Å². The summed E-state index contributed by atoms with van der Waals surface area (Å²) in [4.78, 5) is 2.19. The van der Waals surface area contributed by atoms with Gasteiger partial charge in [-0.05, 0) is 33.0 Å².